The number of benzene rings is 1. The average Bonchev–Trinajstić information content (AvgIpc) is 2.46. The Bertz CT molecular complexity index is 595. The third-order valence-electron chi connectivity index (χ3n) is 2.74. The van der Waals surface area contributed by atoms with Crippen molar-refractivity contribution in [1.82, 2.24) is 10.3 Å². The highest BCUT2D eigenvalue weighted by Gasteiger charge is 2.06. The number of ether oxygens (including phenoxy) is 1. The Morgan fingerprint density at radius 1 is 1.24 bits per heavy atom. The molecule has 2 rings (SSSR count). The second-order valence-corrected chi connectivity index (χ2v) is 5.25. The van der Waals surface area contributed by atoms with E-state index in [1.807, 2.05) is 38.1 Å². The van der Waals surface area contributed by atoms with Crippen molar-refractivity contribution in [2.45, 2.75) is 26.5 Å². The van der Waals surface area contributed by atoms with E-state index < -0.39 is 0 Å². The highest BCUT2D eigenvalue weighted by molar-refractivity contribution is 6.29. The topological polar surface area (TPSA) is 51.2 Å². The number of nitrogens with one attached hydrogen (secondary N) is 1. The van der Waals surface area contributed by atoms with E-state index in [-0.39, 0.29) is 12.0 Å². The first-order chi connectivity index (χ1) is 10.0. The number of halogens is 1. The van der Waals surface area contributed by atoms with Crippen LogP contribution in [0.15, 0.2) is 42.6 Å². The van der Waals surface area contributed by atoms with E-state index in [1.165, 1.54) is 6.20 Å². The summed E-state index contributed by atoms with van der Waals surface area (Å²) >= 11 is 5.69. The lowest BCUT2D eigenvalue weighted by molar-refractivity contribution is 0.0950. The van der Waals surface area contributed by atoms with Gasteiger partial charge in [0.1, 0.15) is 10.9 Å². The van der Waals surface area contributed by atoms with Gasteiger partial charge in [-0.3, -0.25) is 4.79 Å². The van der Waals surface area contributed by atoms with E-state index in [1.54, 1.807) is 12.1 Å². The molecule has 0 bridgehead atoms. The van der Waals surface area contributed by atoms with Crippen molar-refractivity contribution >= 4 is 17.5 Å². The summed E-state index contributed by atoms with van der Waals surface area (Å²) in [6, 6.07) is 10.9. The van der Waals surface area contributed by atoms with Gasteiger partial charge in [-0.05, 0) is 43.7 Å². The summed E-state index contributed by atoms with van der Waals surface area (Å²) in [5, 5.41) is 3.20. The molecular weight excluding hydrogens is 288 g/mol. The van der Waals surface area contributed by atoms with E-state index in [9.17, 15) is 4.79 Å². The van der Waals surface area contributed by atoms with Crippen LogP contribution in [0.2, 0.25) is 5.15 Å². The Balaban J connectivity index is 1.90. The first kappa shape index (κ1) is 15.3. The molecule has 0 unspecified atom stereocenters. The lowest BCUT2D eigenvalue weighted by Crippen LogP contribution is -2.22. The van der Waals surface area contributed by atoms with E-state index in [0.717, 1.165) is 11.3 Å². The molecule has 0 fully saturated rings. The predicted molar refractivity (Wildman–Crippen MR) is 82.6 cm³/mol. The summed E-state index contributed by atoms with van der Waals surface area (Å²) in [5.74, 6) is 0.642. The van der Waals surface area contributed by atoms with Crippen LogP contribution in [0.5, 0.6) is 5.75 Å². The fraction of sp³-hybridized carbons (Fsp3) is 0.250. The average molecular weight is 305 g/mol. The zero-order chi connectivity index (χ0) is 15.2. The molecule has 1 aromatic carbocycles. The van der Waals surface area contributed by atoms with Gasteiger partial charge in [-0.15, -0.1) is 0 Å². The van der Waals surface area contributed by atoms with Crippen molar-refractivity contribution in [2.24, 2.45) is 0 Å². The predicted octanol–water partition coefficient (Wildman–Crippen LogP) is 3.45. The van der Waals surface area contributed by atoms with E-state index in [4.69, 9.17) is 16.3 Å². The molecule has 1 N–H and O–H groups in total. The van der Waals surface area contributed by atoms with Gasteiger partial charge >= 0.3 is 0 Å². The Labute approximate surface area is 129 Å². The van der Waals surface area contributed by atoms with Crippen LogP contribution in [0.25, 0.3) is 0 Å². The summed E-state index contributed by atoms with van der Waals surface area (Å²) in [6.07, 6.45) is 1.60. The smallest absolute Gasteiger partial charge is 0.253 e. The minimum atomic E-state index is -0.179. The van der Waals surface area contributed by atoms with Gasteiger partial charge in [-0.25, -0.2) is 4.98 Å². The van der Waals surface area contributed by atoms with Crippen LogP contribution < -0.4 is 10.1 Å². The van der Waals surface area contributed by atoms with Gasteiger partial charge in [-0.2, -0.15) is 0 Å². The van der Waals surface area contributed by atoms with Crippen LogP contribution in [-0.2, 0) is 6.54 Å². The number of carbonyl (C=O) groups is 1. The second kappa shape index (κ2) is 7.09. The van der Waals surface area contributed by atoms with Gasteiger partial charge in [0, 0.05) is 12.7 Å². The molecule has 0 saturated carbocycles. The Morgan fingerprint density at radius 3 is 2.52 bits per heavy atom. The fourth-order valence-electron chi connectivity index (χ4n) is 1.75. The van der Waals surface area contributed by atoms with Gasteiger partial charge in [0.25, 0.3) is 5.91 Å². The van der Waals surface area contributed by atoms with Gasteiger partial charge in [0.15, 0.2) is 0 Å². The summed E-state index contributed by atoms with van der Waals surface area (Å²) in [5.41, 5.74) is 1.49. The summed E-state index contributed by atoms with van der Waals surface area (Å²) < 4.78 is 5.57. The molecule has 0 radical (unpaired) electrons. The van der Waals surface area contributed by atoms with Crippen molar-refractivity contribution in [2.75, 3.05) is 0 Å². The molecule has 0 aliphatic rings. The minimum Gasteiger partial charge on any atom is -0.491 e. The van der Waals surface area contributed by atoms with Crippen LogP contribution >= 0.6 is 11.6 Å². The number of hydrogen-bond donors (Lipinski definition) is 1. The molecule has 0 saturated heterocycles. The molecule has 0 aliphatic heterocycles. The molecule has 0 atom stereocenters. The largest absolute Gasteiger partial charge is 0.491 e. The van der Waals surface area contributed by atoms with Crippen molar-refractivity contribution < 1.29 is 9.53 Å². The van der Waals surface area contributed by atoms with Gasteiger partial charge < -0.3 is 10.1 Å². The summed E-state index contributed by atoms with van der Waals surface area (Å²) in [7, 11) is 0. The maximum Gasteiger partial charge on any atom is 0.253 e. The molecule has 1 heterocycles. The highest BCUT2D eigenvalue weighted by atomic mass is 35.5. The molecule has 4 nitrogen and oxygen atoms in total. The van der Waals surface area contributed by atoms with E-state index in [0.29, 0.717) is 17.3 Å². The zero-order valence-electron chi connectivity index (χ0n) is 12.0. The van der Waals surface area contributed by atoms with Gasteiger partial charge in [0.2, 0.25) is 0 Å². The number of carbonyl (C=O) groups excluding carboxylic acids is 1. The van der Waals surface area contributed by atoms with Crippen LogP contribution in [0.1, 0.15) is 29.8 Å². The highest BCUT2D eigenvalue weighted by Crippen LogP contribution is 2.14. The quantitative estimate of drug-likeness (QED) is 0.861. The third kappa shape index (κ3) is 4.76. The first-order valence-electron chi connectivity index (χ1n) is 6.70. The number of pyridine rings is 1. The fourth-order valence-corrected chi connectivity index (χ4v) is 1.86. The van der Waals surface area contributed by atoms with Crippen molar-refractivity contribution in [3.8, 4) is 5.75 Å². The van der Waals surface area contributed by atoms with E-state index >= 15 is 0 Å². The minimum absolute atomic E-state index is 0.146. The van der Waals surface area contributed by atoms with E-state index in [2.05, 4.69) is 10.3 Å². The molecule has 0 aliphatic carbocycles. The SMILES string of the molecule is CC(C)Oc1ccc(CNC(=O)c2ccc(Cl)nc2)cc1. The number of amides is 1. The van der Waals surface area contributed by atoms with Crippen LogP contribution in [0.3, 0.4) is 0 Å². The number of hydrogen-bond acceptors (Lipinski definition) is 3. The number of aromatic nitrogens is 1. The molecular formula is C16H17ClN2O2. The normalized spacial score (nSPS) is 10.5. The van der Waals surface area contributed by atoms with Crippen molar-refractivity contribution in [3.05, 3.63) is 58.9 Å². The van der Waals surface area contributed by atoms with Crippen LogP contribution in [-0.4, -0.2) is 17.0 Å². The van der Waals surface area contributed by atoms with Gasteiger partial charge in [-0.1, -0.05) is 23.7 Å². The zero-order valence-corrected chi connectivity index (χ0v) is 12.7. The first-order valence-corrected chi connectivity index (χ1v) is 7.08. The van der Waals surface area contributed by atoms with Gasteiger partial charge in [0.05, 0.1) is 11.7 Å². The maximum atomic E-state index is 11.9. The standard InChI is InChI=1S/C16H17ClN2O2/c1-11(2)21-14-6-3-12(4-7-14)9-19-16(20)13-5-8-15(17)18-10-13/h3-8,10-11H,9H2,1-2H3,(H,19,20). The number of rotatable bonds is 5. The molecule has 1 aromatic heterocycles. The summed E-state index contributed by atoms with van der Waals surface area (Å²) in [6.45, 7) is 4.41. The van der Waals surface area contributed by atoms with Crippen molar-refractivity contribution in [1.29, 1.82) is 0 Å². The molecule has 21 heavy (non-hydrogen) atoms. The molecule has 110 valence electrons. The second-order valence-electron chi connectivity index (χ2n) is 4.86. The Kier molecular flexibility index (Phi) is 5.17. The summed E-state index contributed by atoms with van der Waals surface area (Å²) in [4.78, 5) is 15.8. The van der Waals surface area contributed by atoms with Crippen LogP contribution in [0.4, 0.5) is 0 Å². The van der Waals surface area contributed by atoms with Crippen LogP contribution in [0, 0.1) is 0 Å². The molecule has 0 spiro atoms. The third-order valence-corrected chi connectivity index (χ3v) is 2.96. The molecule has 2 aromatic rings. The van der Waals surface area contributed by atoms with Crippen molar-refractivity contribution in [3.63, 3.8) is 0 Å². The lowest BCUT2D eigenvalue weighted by Gasteiger charge is -2.10. The Hall–Kier alpha value is -2.07. The number of nitrogens with zero attached hydrogens (tertiary/aromatic N) is 1. The lowest BCUT2D eigenvalue weighted by atomic mass is 10.2. The maximum absolute atomic E-state index is 11.9. The molecule has 1 amide bonds. The monoisotopic (exact) mass is 304 g/mol. The Morgan fingerprint density at radius 2 is 1.95 bits per heavy atom. The molecule has 5 heteroatoms.